The maximum absolute atomic E-state index is 12.5. The Hall–Kier alpha value is -2.52. The number of aryl methyl sites for hydroxylation is 2. The van der Waals surface area contributed by atoms with E-state index in [0.29, 0.717) is 28.7 Å². The summed E-state index contributed by atoms with van der Waals surface area (Å²) in [6.45, 7) is 9.79. The molecule has 3 N–H and O–H groups in total. The Labute approximate surface area is 159 Å². The Kier molecular flexibility index (Phi) is 6.27. The highest BCUT2D eigenvalue weighted by Gasteiger charge is 2.16. The Morgan fingerprint density at radius 1 is 1.15 bits per heavy atom. The van der Waals surface area contributed by atoms with Crippen LogP contribution >= 0.6 is 12.2 Å². The smallest absolute Gasteiger partial charge is 0.264 e. The first-order valence-corrected chi connectivity index (χ1v) is 9.69. The van der Waals surface area contributed by atoms with Crippen molar-refractivity contribution in [3.8, 4) is 0 Å². The fourth-order valence-corrected chi connectivity index (χ4v) is 3.21. The molecule has 0 amide bonds. The number of rotatable bonds is 6. The Morgan fingerprint density at radius 2 is 1.73 bits per heavy atom. The van der Waals surface area contributed by atoms with E-state index in [1.165, 1.54) is 12.1 Å². The van der Waals surface area contributed by atoms with Crippen LogP contribution in [0.15, 0.2) is 47.4 Å². The van der Waals surface area contributed by atoms with Crippen LogP contribution in [-0.2, 0) is 10.0 Å². The fraction of sp³-hybridized carbons (Fsp3) is 0.235. The first kappa shape index (κ1) is 19.8. The summed E-state index contributed by atoms with van der Waals surface area (Å²) in [6.07, 6.45) is 0. The van der Waals surface area contributed by atoms with E-state index in [1.54, 1.807) is 32.0 Å². The van der Waals surface area contributed by atoms with Gasteiger partial charge in [-0.3, -0.25) is 0 Å². The number of aromatic nitrogens is 2. The Morgan fingerprint density at radius 3 is 2.27 bits per heavy atom. The Bertz CT molecular complexity index is 904. The van der Waals surface area contributed by atoms with Gasteiger partial charge in [-0.2, -0.15) is 0 Å². The maximum atomic E-state index is 12.5. The molecule has 0 saturated carbocycles. The van der Waals surface area contributed by atoms with Crippen LogP contribution in [-0.4, -0.2) is 30.0 Å². The summed E-state index contributed by atoms with van der Waals surface area (Å²) < 4.78 is 27.3. The van der Waals surface area contributed by atoms with Gasteiger partial charge in [-0.25, -0.2) is 23.1 Å². The number of benzene rings is 1. The third-order valence-corrected chi connectivity index (χ3v) is 4.77. The third-order valence-electron chi connectivity index (χ3n) is 3.18. The lowest BCUT2D eigenvalue weighted by molar-refractivity contribution is 0.601. The average molecular weight is 392 g/mol. The molecule has 7 nitrogen and oxygen atoms in total. The van der Waals surface area contributed by atoms with Gasteiger partial charge in [0.2, 0.25) is 5.95 Å². The number of anilines is 2. The van der Waals surface area contributed by atoms with E-state index < -0.39 is 10.0 Å². The molecule has 0 fully saturated rings. The molecule has 26 heavy (non-hydrogen) atoms. The molecule has 0 aliphatic rings. The molecular formula is C17H21N5O2S2. The maximum Gasteiger partial charge on any atom is 0.264 e. The zero-order valence-electron chi connectivity index (χ0n) is 14.8. The van der Waals surface area contributed by atoms with E-state index in [-0.39, 0.29) is 10.8 Å². The topological polar surface area (TPSA) is 96.0 Å². The molecule has 0 spiro atoms. The predicted molar refractivity (Wildman–Crippen MR) is 108 cm³/mol. The summed E-state index contributed by atoms with van der Waals surface area (Å²) in [6, 6.07) is 7.99. The molecule has 0 aliphatic carbocycles. The minimum Gasteiger partial charge on any atom is -0.359 e. The van der Waals surface area contributed by atoms with E-state index in [4.69, 9.17) is 12.2 Å². The van der Waals surface area contributed by atoms with Crippen LogP contribution in [0, 0.1) is 13.8 Å². The lowest BCUT2D eigenvalue weighted by Crippen LogP contribution is -2.29. The number of nitrogens with zero attached hydrogens (tertiary/aromatic N) is 2. The van der Waals surface area contributed by atoms with Gasteiger partial charge in [0.05, 0.1) is 4.90 Å². The van der Waals surface area contributed by atoms with E-state index in [1.807, 2.05) is 6.92 Å². The van der Waals surface area contributed by atoms with Crippen molar-refractivity contribution in [2.75, 3.05) is 16.6 Å². The van der Waals surface area contributed by atoms with Crippen molar-refractivity contribution in [3.63, 3.8) is 0 Å². The molecule has 2 rings (SSSR count). The highest BCUT2D eigenvalue weighted by molar-refractivity contribution is 7.92. The number of thiocarbonyl (C=S) groups is 1. The van der Waals surface area contributed by atoms with Crippen molar-refractivity contribution in [1.82, 2.24) is 15.3 Å². The number of hydrogen-bond donors (Lipinski definition) is 3. The number of nitrogens with one attached hydrogen (secondary N) is 3. The molecule has 0 atom stereocenters. The van der Waals surface area contributed by atoms with Crippen LogP contribution < -0.4 is 15.4 Å². The van der Waals surface area contributed by atoms with Gasteiger partial charge in [-0.15, -0.1) is 0 Å². The molecule has 0 saturated heterocycles. The zero-order valence-corrected chi connectivity index (χ0v) is 16.5. The van der Waals surface area contributed by atoms with Crippen molar-refractivity contribution in [2.24, 2.45) is 0 Å². The SMILES string of the molecule is C=C(C)CNC(=S)Nc1ccc(S(=O)(=O)Nc2nc(C)cc(C)n2)cc1. The molecule has 138 valence electrons. The molecule has 1 heterocycles. The molecule has 0 aliphatic heterocycles. The second-order valence-corrected chi connectivity index (χ2v) is 7.96. The lowest BCUT2D eigenvalue weighted by atomic mass is 10.3. The molecule has 9 heteroatoms. The van der Waals surface area contributed by atoms with Crippen molar-refractivity contribution >= 4 is 39.0 Å². The summed E-state index contributed by atoms with van der Waals surface area (Å²) >= 11 is 5.16. The van der Waals surface area contributed by atoms with Crippen molar-refractivity contribution in [1.29, 1.82) is 0 Å². The third kappa shape index (κ3) is 5.78. The van der Waals surface area contributed by atoms with Gasteiger partial charge in [0.25, 0.3) is 10.0 Å². The van der Waals surface area contributed by atoms with Gasteiger partial charge >= 0.3 is 0 Å². The van der Waals surface area contributed by atoms with Crippen LogP contribution in [0.1, 0.15) is 18.3 Å². The summed E-state index contributed by atoms with van der Waals surface area (Å²) in [5.74, 6) is 0.0508. The van der Waals surface area contributed by atoms with E-state index >= 15 is 0 Å². The van der Waals surface area contributed by atoms with Gasteiger partial charge in [0, 0.05) is 23.6 Å². The monoisotopic (exact) mass is 391 g/mol. The van der Waals surface area contributed by atoms with Crippen molar-refractivity contribution in [3.05, 3.63) is 53.9 Å². The second kappa shape index (κ2) is 8.24. The van der Waals surface area contributed by atoms with E-state index in [2.05, 4.69) is 31.9 Å². The highest BCUT2D eigenvalue weighted by atomic mass is 32.2. The van der Waals surface area contributed by atoms with Gasteiger partial charge in [0.1, 0.15) is 0 Å². The van der Waals surface area contributed by atoms with Gasteiger partial charge < -0.3 is 10.6 Å². The second-order valence-electron chi connectivity index (χ2n) is 5.87. The van der Waals surface area contributed by atoms with Crippen LogP contribution in [0.3, 0.4) is 0 Å². The molecule has 2 aromatic rings. The summed E-state index contributed by atoms with van der Waals surface area (Å²) in [7, 11) is -3.78. The predicted octanol–water partition coefficient (Wildman–Crippen LogP) is 2.76. The van der Waals surface area contributed by atoms with Crippen LogP contribution in [0.4, 0.5) is 11.6 Å². The number of hydrogen-bond acceptors (Lipinski definition) is 5. The summed E-state index contributed by atoms with van der Waals surface area (Å²) in [5, 5.41) is 6.41. The highest BCUT2D eigenvalue weighted by Crippen LogP contribution is 2.17. The zero-order chi connectivity index (χ0) is 19.3. The largest absolute Gasteiger partial charge is 0.359 e. The first-order valence-electron chi connectivity index (χ1n) is 7.80. The van der Waals surface area contributed by atoms with Gasteiger partial charge in [-0.05, 0) is 63.3 Å². The lowest BCUT2D eigenvalue weighted by Gasteiger charge is -2.11. The molecule has 0 unspecified atom stereocenters. The van der Waals surface area contributed by atoms with Crippen LogP contribution in [0.25, 0.3) is 0 Å². The molecule has 1 aromatic heterocycles. The molecule has 1 aromatic carbocycles. The van der Waals surface area contributed by atoms with E-state index in [0.717, 1.165) is 5.57 Å². The standard InChI is InChI=1S/C17H21N5O2S2/c1-11(2)10-18-17(25)21-14-5-7-15(8-6-14)26(23,24)22-16-19-12(3)9-13(4)20-16/h5-9H,1,10H2,2-4H3,(H2,18,21,25)(H,19,20,22). The normalized spacial score (nSPS) is 10.9. The summed E-state index contributed by atoms with van der Waals surface area (Å²) in [5.41, 5.74) is 3.00. The van der Waals surface area contributed by atoms with Crippen molar-refractivity contribution < 1.29 is 8.42 Å². The Balaban J connectivity index is 2.08. The van der Waals surface area contributed by atoms with Gasteiger partial charge in [0.15, 0.2) is 5.11 Å². The number of sulfonamides is 1. The van der Waals surface area contributed by atoms with Crippen LogP contribution in [0.2, 0.25) is 0 Å². The molecule has 0 radical (unpaired) electrons. The van der Waals surface area contributed by atoms with Crippen LogP contribution in [0.5, 0.6) is 0 Å². The van der Waals surface area contributed by atoms with E-state index in [9.17, 15) is 8.42 Å². The minimum absolute atomic E-state index is 0.0508. The minimum atomic E-state index is -3.78. The average Bonchev–Trinajstić information content (AvgIpc) is 2.52. The first-order chi connectivity index (χ1) is 12.2. The molecule has 0 bridgehead atoms. The van der Waals surface area contributed by atoms with Crippen molar-refractivity contribution in [2.45, 2.75) is 25.7 Å². The summed E-state index contributed by atoms with van der Waals surface area (Å²) in [4.78, 5) is 8.28. The quantitative estimate of drug-likeness (QED) is 0.515. The molecular weight excluding hydrogens is 370 g/mol. The van der Waals surface area contributed by atoms with Gasteiger partial charge in [-0.1, -0.05) is 12.2 Å². The fourth-order valence-electron chi connectivity index (χ4n) is 2.07.